The van der Waals surface area contributed by atoms with E-state index in [0.29, 0.717) is 23.2 Å². The predicted octanol–water partition coefficient (Wildman–Crippen LogP) is 4.47. The summed E-state index contributed by atoms with van der Waals surface area (Å²) in [6.07, 6.45) is -2.84. The molecule has 2 heterocycles. The van der Waals surface area contributed by atoms with Crippen molar-refractivity contribution in [2.45, 2.75) is 19.5 Å². The molecule has 0 aliphatic heterocycles. The van der Waals surface area contributed by atoms with Gasteiger partial charge < -0.3 is 4.42 Å². The van der Waals surface area contributed by atoms with Crippen LogP contribution in [0.15, 0.2) is 53.1 Å². The van der Waals surface area contributed by atoms with Crippen LogP contribution in [0.25, 0.3) is 22.7 Å². The number of anilines is 1. The van der Waals surface area contributed by atoms with E-state index in [2.05, 4.69) is 9.97 Å². The smallest absolute Gasteiger partial charge is 0.420 e. The zero-order valence-electron chi connectivity index (χ0n) is 13.7. The molecule has 3 rings (SSSR count). The molecule has 0 atom stereocenters. The summed E-state index contributed by atoms with van der Waals surface area (Å²) < 4.78 is 43.4. The van der Waals surface area contributed by atoms with Crippen LogP contribution < -0.4 is 5.32 Å². The van der Waals surface area contributed by atoms with Gasteiger partial charge in [-0.2, -0.15) is 13.2 Å². The van der Waals surface area contributed by atoms with E-state index >= 15 is 0 Å². The van der Waals surface area contributed by atoms with E-state index in [4.69, 9.17) is 4.42 Å². The van der Waals surface area contributed by atoms with Gasteiger partial charge in [-0.1, -0.05) is 37.3 Å². The summed E-state index contributed by atoms with van der Waals surface area (Å²) in [5, 5.41) is 1.76. The molecular formula is C18H14F3N3O2. The van der Waals surface area contributed by atoms with Crippen molar-refractivity contribution in [3.8, 4) is 22.7 Å². The molecular weight excluding hydrogens is 347 g/mol. The van der Waals surface area contributed by atoms with E-state index in [1.807, 2.05) is 6.92 Å². The highest BCUT2D eigenvalue weighted by atomic mass is 19.4. The third-order valence-corrected chi connectivity index (χ3v) is 3.61. The average Bonchev–Trinajstić information content (AvgIpc) is 3.05. The number of aryl methyl sites for hydroxylation is 1. The number of nitrogens with one attached hydrogen (secondary N) is 1. The Morgan fingerprint density at radius 3 is 2.54 bits per heavy atom. The summed E-state index contributed by atoms with van der Waals surface area (Å²) in [5.41, 5.74) is 1.87. The quantitative estimate of drug-likeness (QED) is 0.745. The summed E-state index contributed by atoms with van der Waals surface area (Å²) in [7, 11) is 0. The van der Waals surface area contributed by atoms with Crippen molar-refractivity contribution in [3.05, 3.63) is 54.4 Å². The molecule has 134 valence electrons. The summed E-state index contributed by atoms with van der Waals surface area (Å²) in [6, 6.07) is 11.9. The molecule has 0 fully saturated rings. The number of pyridine rings is 1. The molecule has 8 heteroatoms. The Kier molecular flexibility index (Phi) is 4.75. The summed E-state index contributed by atoms with van der Waals surface area (Å²) >= 11 is 0. The Morgan fingerprint density at radius 1 is 1.15 bits per heavy atom. The number of halogens is 3. The number of carbonyl (C=O) groups excluding carboxylic acids is 1. The fourth-order valence-corrected chi connectivity index (χ4v) is 2.40. The SMILES string of the molecule is CCc1ncccc1-c1nc(-c2ccccc2)c(NC(=O)C(F)(F)F)o1. The van der Waals surface area contributed by atoms with Gasteiger partial charge in [0.05, 0.1) is 11.3 Å². The van der Waals surface area contributed by atoms with Gasteiger partial charge in [0.1, 0.15) is 5.69 Å². The standard InChI is InChI=1S/C18H14F3N3O2/c1-2-13-12(9-6-10-22-13)15-23-14(11-7-4-3-5-8-11)16(26-15)24-17(25)18(19,20)21/h3-10H,2H2,1H3,(H,24,25). The van der Waals surface area contributed by atoms with Crippen molar-refractivity contribution < 1.29 is 22.4 Å². The van der Waals surface area contributed by atoms with Crippen LogP contribution in [0.2, 0.25) is 0 Å². The lowest BCUT2D eigenvalue weighted by atomic mass is 10.1. The molecule has 0 unspecified atom stereocenters. The number of alkyl halides is 3. The summed E-state index contributed by atoms with van der Waals surface area (Å²) in [4.78, 5) is 19.9. The lowest BCUT2D eigenvalue weighted by Crippen LogP contribution is -2.29. The fraction of sp³-hybridized carbons (Fsp3) is 0.167. The van der Waals surface area contributed by atoms with Crippen LogP contribution in [0, 0.1) is 0 Å². The van der Waals surface area contributed by atoms with Crippen molar-refractivity contribution in [1.82, 2.24) is 9.97 Å². The number of rotatable bonds is 4. The number of hydrogen-bond acceptors (Lipinski definition) is 4. The number of nitrogens with zero attached hydrogens (tertiary/aromatic N) is 2. The van der Waals surface area contributed by atoms with Crippen LogP contribution in [0.1, 0.15) is 12.6 Å². The second-order valence-corrected chi connectivity index (χ2v) is 5.37. The monoisotopic (exact) mass is 361 g/mol. The van der Waals surface area contributed by atoms with Gasteiger partial charge in [-0.05, 0) is 18.6 Å². The molecule has 1 aromatic carbocycles. The number of benzene rings is 1. The van der Waals surface area contributed by atoms with Gasteiger partial charge in [0.2, 0.25) is 11.8 Å². The highest BCUT2D eigenvalue weighted by Crippen LogP contribution is 2.34. The molecule has 0 bridgehead atoms. The van der Waals surface area contributed by atoms with Crippen molar-refractivity contribution in [1.29, 1.82) is 0 Å². The van der Waals surface area contributed by atoms with E-state index in [-0.39, 0.29) is 17.5 Å². The Bertz CT molecular complexity index is 921. The molecule has 0 radical (unpaired) electrons. The number of aromatic nitrogens is 2. The Morgan fingerprint density at radius 2 is 1.88 bits per heavy atom. The third kappa shape index (κ3) is 3.58. The first-order valence-corrected chi connectivity index (χ1v) is 7.79. The van der Waals surface area contributed by atoms with Crippen LogP contribution >= 0.6 is 0 Å². The van der Waals surface area contributed by atoms with E-state index in [1.165, 1.54) is 0 Å². The molecule has 2 aromatic heterocycles. The van der Waals surface area contributed by atoms with E-state index < -0.39 is 12.1 Å². The van der Waals surface area contributed by atoms with Crippen LogP contribution in [0.4, 0.5) is 19.1 Å². The minimum Gasteiger partial charge on any atom is -0.420 e. The fourth-order valence-electron chi connectivity index (χ4n) is 2.40. The molecule has 0 saturated carbocycles. The number of amides is 1. The first-order chi connectivity index (χ1) is 12.4. The lowest BCUT2D eigenvalue weighted by Gasteiger charge is -2.06. The predicted molar refractivity (Wildman–Crippen MR) is 89.2 cm³/mol. The number of oxazole rings is 1. The molecule has 26 heavy (non-hydrogen) atoms. The highest BCUT2D eigenvalue weighted by Gasteiger charge is 2.40. The van der Waals surface area contributed by atoms with E-state index in [0.717, 1.165) is 0 Å². The van der Waals surface area contributed by atoms with Crippen LogP contribution in [0.3, 0.4) is 0 Å². The molecule has 1 amide bonds. The van der Waals surface area contributed by atoms with Gasteiger partial charge in [-0.15, -0.1) is 0 Å². The first kappa shape index (κ1) is 17.7. The van der Waals surface area contributed by atoms with E-state index in [1.54, 1.807) is 54.0 Å². The Hall–Kier alpha value is -3.16. The molecule has 5 nitrogen and oxygen atoms in total. The zero-order valence-corrected chi connectivity index (χ0v) is 13.7. The van der Waals surface area contributed by atoms with E-state index in [9.17, 15) is 18.0 Å². The minimum absolute atomic E-state index is 0.0891. The summed E-state index contributed by atoms with van der Waals surface area (Å²) in [6.45, 7) is 1.89. The maximum absolute atomic E-state index is 12.6. The topological polar surface area (TPSA) is 68.0 Å². The molecule has 0 spiro atoms. The van der Waals surface area contributed by atoms with Crippen LogP contribution in [-0.2, 0) is 11.2 Å². The largest absolute Gasteiger partial charge is 0.471 e. The van der Waals surface area contributed by atoms with Crippen molar-refractivity contribution in [3.63, 3.8) is 0 Å². The van der Waals surface area contributed by atoms with Gasteiger partial charge in [-0.25, -0.2) is 4.98 Å². The van der Waals surface area contributed by atoms with Gasteiger partial charge >= 0.3 is 12.1 Å². The molecule has 0 aliphatic carbocycles. The van der Waals surface area contributed by atoms with Gasteiger partial charge in [0.15, 0.2) is 0 Å². The Labute approximate surface area is 146 Å². The minimum atomic E-state index is -5.04. The van der Waals surface area contributed by atoms with Gasteiger partial charge in [0.25, 0.3) is 0 Å². The maximum atomic E-state index is 12.6. The van der Waals surface area contributed by atoms with Crippen LogP contribution in [0.5, 0.6) is 0 Å². The molecule has 3 aromatic rings. The van der Waals surface area contributed by atoms with Crippen molar-refractivity contribution >= 4 is 11.8 Å². The zero-order chi connectivity index (χ0) is 18.7. The second-order valence-electron chi connectivity index (χ2n) is 5.37. The molecule has 1 N–H and O–H groups in total. The van der Waals surface area contributed by atoms with Crippen LogP contribution in [-0.4, -0.2) is 22.1 Å². The summed E-state index contributed by atoms with van der Waals surface area (Å²) in [5.74, 6) is -2.40. The third-order valence-electron chi connectivity index (χ3n) is 3.61. The highest BCUT2D eigenvalue weighted by molar-refractivity contribution is 5.96. The second kappa shape index (κ2) is 6.99. The molecule has 0 saturated heterocycles. The van der Waals surface area contributed by atoms with Gasteiger partial charge in [-0.3, -0.25) is 15.1 Å². The van der Waals surface area contributed by atoms with Crippen molar-refractivity contribution in [2.75, 3.05) is 5.32 Å². The normalized spacial score (nSPS) is 11.4. The first-order valence-electron chi connectivity index (χ1n) is 7.79. The molecule has 0 aliphatic rings. The number of carbonyl (C=O) groups is 1. The van der Waals surface area contributed by atoms with Crippen molar-refractivity contribution in [2.24, 2.45) is 0 Å². The number of hydrogen-bond donors (Lipinski definition) is 1. The lowest BCUT2D eigenvalue weighted by molar-refractivity contribution is -0.167. The average molecular weight is 361 g/mol. The maximum Gasteiger partial charge on any atom is 0.471 e. The Balaban J connectivity index is 2.10. The van der Waals surface area contributed by atoms with Gasteiger partial charge in [0, 0.05) is 11.8 Å².